The van der Waals surface area contributed by atoms with E-state index in [1.165, 1.54) is 0 Å². The summed E-state index contributed by atoms with van der Waals surface area (Å²) >= 11 is 8.74. The van der Waals surface area contributed by atoms with Crippen LogP contribution < -0.4 is 0 Å². The Morgan fingerprint density at radius 2 is 1.23 bits per heavy atom. The van der Waals surface area contributed by atoms with Crippen molar-refractivity contribution >= 4 is 45.1 Å². The lowest BCUT2D eigenvalue weighted by Crippen LogP contribution is -2.38. The summed E-state index contributed by atoms with van der Waals surface area (Å²) in [5.41, 5.74) is 4.53. The maximum absolute atomic E-state index is 6.44. The van der Waals surface area contributed by atoms with Crippen LogP contribution >= 0.6 is 34.2 Å². The van der Waals surface area contributed by atoms with Gasteiger partial charge in [-0.2, -0.15) is 5.10 Å². The Bertz CT molecular complexity index is 1250. The Morgan fingerprint density at radius 1 is 0.774 bits per heavy atom. The summed E-state index contributed by atoms with van der Waals surface area (Å²) < 4.78 is 3.02. The first-order valence-electron chi connectivity index (χ1n) is 10.0. The van der Waals surface area contributed by atoms with Crippen molar-refractivity contribution in [3.8, 4) is 0 Å². The smallest absolute Gasteiger partial charge is 0.138 e. The molecule has 0 atom stereocenters. The van der Waals surface area contributed by atoms with Crippen molar-refractivity contribution in [1.29, 1.82) is 0 Å². The summed E-state index contributed by atoms with van der Waals surface area (Å²) in [5, 5.41) is 6.59. The van der Waals surface area contributed by atoms with E-state index in [1.807, 2.05) is 31.2 Å². The van der Waals surface area contributed by atoms with Gasteiger partial charge in [-0.15, -0.1) is 0 Å². The van der Waals surface area contributed by atoms with Gasteiger partial charge in [0.05, 0.1) is 16.6 Å². The summed E-state index contributed by atoms with van der Waals surface area (Å²) in [6.45, 7) is 1.98. The van der Waals surface area contributed by atoms with Gasteiger partial charge in [-0.1, -0.05) is 103 Å². The zero-order valence-electron chi connectivity index (χ0n) is 16.8. The molecule has 0 aliphatic rings. The van der Waals surface area contributed by atoms with E-state index in [9.17, 15) is 0 Å². The number of benzene rings is 3. The molecule has 5 aromatic rings. The zero-order valence-corrected chi connectivity index (χ0v) is 19.7. The number of fused-ring (bicyclic) bond motifs is 1. The molecule has 0 N–H and O–H groups in total. The van der Waals surface area contributed by atoms with Gasteiger partial charge in [-0.05, 0) is 46.2 Å². The van der Waals surface area contributed by atoms with E-state index in [0.717, 1.165) is 37.0 Å². The SMILES string of the molecule is Cc1nc(Cl)cc2c1c(I)nn2C(c1ccccc1)(c1ccccc1)c1ccccc1. The minimum Gasteiger partial charge on any atom is -0.244 e. The van der Waals surface area contributed by atoms with Crippen molar-refractivity contribution in [3.05, 3.63) is 128 Å². The molecule has 0 aliphatic carbocycles. The molecular formula is C26H19ClIN3. The predicted molar refractivity (Wildman–Crippen MR) is 135 cm³/mol. The fourth-order valence-corrected chi connectivity index (χ4v) is 5.51. The van der Waals surface area contributed by atoms with Gasteiger partial charge in [0.1, 0.15) is 14.4 Å². The largest absolute Gasteiger partial charge is 0.244 e. The standard InChI is InChI=1S/C26H19ClIN3/c1-18-24-22(17-23(27)29-18)31(30-25(24)28)26(19-11-5-2-6-12-19,20-13-7-3-8-14-20)21-15-9-4-10-16-21/h2-17H,1H3. The third kappa shape index (κ3) is 3.25. The van der Waals surface area contributed by atoms with Gasteiger partial charge >= 0.3 is 0 Å². The topological polar surface area (TPSA) is 30.7 Å². The van der Waals surface area contributed by atoms with E-state index in [4.69, 9.17) is 16.7 Å². The number of pyridine rings is 1. The van der Waals surface area contributed by atoms with Crippen LogP contribution in [0.1, 0.15) is 22.4 Å². The van der Waals surface area contributed by atoms with Crippen molar-refractivity contribution in [2.45, 2.75) is 12.5 Å². The average Bonchev–Trinajstić information content (AvgIpc) is 3.13. The van der Waals surface area contributed by atoms with Gasteiger partial charge < -0.3 is 0 Å². The fraction of sp³-hybridized carbons (Fsp3) is 0.0769. The first kappa shape index (κ1) is 20.2. The van der Waals surface area contributed by atoms with Crippen LogP contribution in [0.5, 0.6) is 0 Å². The molecule has 0 unspecified atom stereocenters. The molecule has 0 saturated carbocycles. The summed E-state index contributed by atoms with van der Waals surface area (Å²) in [6, 6.07) is 33.5. The third-order valence-corrected chi connectivity index (χ3v) is 6.61. The van der Waals surface area contributed by atoms with Crippen molar-refractivity contribution in [2.24, 2.45) is 0 Å². The molecule has 5 heteroatoms. The summed E-state index contributed by atoms with van der Waals surface area (Å²) in [5.74, 6) is 0. The lowest BCUT2D eigenvalue weighted by atomic mass is 9.77. The molecule has 3 aromatic carbocycles. The molecule has 0 aliphatic heterocycles. The Hall–Kier alpha value is -2.70. The van der Waals surface area contributed by atoms with Gasteiger partial charge in [0.2, 0.25) is 0 Å². The summed E-state index contributed by atoms with van der Waals surface area (Å²) in [6.07, 6.45) is 0. The molecule has 2 heterocycles. The molecule has 0 radical (unpaired) electrons. The number of aryl methyl sites for hydroxylation is 1. The number of aromatic nitrogens is 3. The normalized spacial score (nSPS) is 11.7. The Kier molecular flexibility index (Phi) is 5.28. The van der Waals surface area contributed by atoms with E-state index in [0.29, 0.717) is 5.15 Å². The summed E-state index contributed by atoms with van der Waals surface area (Å²) in [4.78, 5) is 4.48. The van der Waals surface area contributed by atoms with Crippen LogP contribution in [-0.4, -0.2) is 14.8 Å². The van der Waals surface area contributed by atoms with Crippen molar-refractivity contribution in [3.63, 3.8) is 0 Å². The maximum atomic E-state index is 6.44. The molecule has 31 heavy (non-hydrogen) atoms. The van der Waals surface area contributed by atoms with E-state index < -0.39 is 5.54 Å². The zero-order chi connectivity index (χ0) is 21.4. The highest BCUT2D eigenvalue weighted by Crippen LogP contribution is 2.43. The second kappa shape index (κ2) is 8.09. The first-order valence-corrected chi connectivity index (χ1v) is 11.5. The van der Waals surface area contributed by atoms with Crippen LogP contribution in [0, 0.1) is 10.6 Å². The number of halogens is 2. The Balaban J connectivity index is 2.01. The van der Waals surface area contributed by atoms with Gasteiger partial charge in [0, 0.05) is 6.07 Å². The molecule has 5 rings (SSSR count). The average molecular weight is 536 g/mol. The highest BCUT2D eigenvalue weighted by atomic mass is 127. The number of nitrogens with zero attached hydrogens (tertiary/aromatic N) is 3. The lowest BCUT2D eigenvalue weighted by Gasteiger charge is -2.37. The molecule has 3 nitrogen and oxygen atoms in total. The monoisotopic (exact) mass is 535 g/mol. The van der Waals surface area contributed by atoms with Crippen LogP contribution in [0.25, 0.3) is 10.9 Å². The highest BCUT2D eigenvalue weighted by Gasteiger charge is 2.41. The number of hydrogen-bond donors (Lipinski definition) is 0. The van der Waals surface area contributed by atoms with E-state index in [1.54, 1.807) is 0 Å². The van der Waals surface area contributed by atoms with E-state index >= 15 is 0 Å². The van der Waals surface area contributed by atoms with Gasteiger partial charge in [-0.3, -0.25) is 0 Å². The predicted octanol–water partition coefficient (Wildman–Crippen LogP) is 6.84. The minimum atomic E-state index is -0.678. The van der Waals surface area contributed by atoms with E-state index in [-0.39, 0.29) is 0 Å². The Morgan fingerprint density at radius 3 is 1.68 bits per heavy atom. The second-order valence-electron chi connectivity index (χ2n) is 7.44. The summed E-state index contributed by atoms with van der Waals surface area (Å²) in [7, 11) is 0. The maximum Gasteiger partial charge on any atom is 0.138 e. The number of hydrogen-bond acceptors (Lipinski definition) is 2. The molecule has 0 saturated heterocycles. The van der Waals surface area contributed by atoms with Crippen LogP contribution in [0.15, 0.2) is 97.1 Å². The van der Waals surface area contributed by atoms with Crippen molar-refractivity contribution < 1.29 is 0 Å². The molecule has 0 amide bonds. The highest BCUT2D eigenvalue weighted by molar-refractivity contribution is 14.1. The van der Waals surface area contributed by atoms with Crippen LogP contribution in [-0.2, 0) is 5.54 Å². The van der Waals surface area contributed by atoms with Crippen molar-refractivity contribution in [2.75, 3.05) is 0 Å². The molecule has 152 valence electrons. The fourth-order valence-electron chi connectivity index (χ4n) is 4.39. The second-order valence-corrected chi connectivity index (χ2v) is 8.84. The minimum absolute atomic E-state index is 0.464. The van der Waals surface area contributed by atoms with Crippen LogP contribution in [0.3, 0.4) is 0 Å². The number of rotatable bonds is 4. The van der Waals surface area contributed by atoms with Gasteiger partial charge in [0.15, 0.2) is 0 Å². The third-order valence-electron chi connectivity index (χ3n) is 5.66. The Labute approximate surface area is 199 Å². The molecular weight excluding hydrogens is 517 g/mol. The van der Waals surface area contributed by atoms with Crippen LogP contribution in [0.2, 0.25) is 5.15 Å². The first-order chi connectivity index (χ1) is 15.1. The molecule has 0 spiro atoms. The van der Waals surface area contributed by atoms with Crippen molar-refractivity contribution in [1.82, 2.24) is 14.8 Å². The van der Waals surface area contributed by atoms with Crippen LogP contribution in [0.4, 0.5) is 0 Å². The quantitative estimate of drug-likeness (QED) is 0.143. The van der Waals surface area contributed by atoms with E-state index in [2.05, 4.69) is 105 Å². The molecule has 2 aromatic heterocycles. The lowest BCUT2D eigenvalue weighted by molar-refractivity contribution is 0.473. The molecule has 0 fully saturated rings. The van der Waals surface area contributed by atoms with Gasteiger partial charge in [-0.25, -0.2) is 9.67 Å². The van der Waals surface area contributed by atoms with Gasteiger partial charge in [0.25, 0.3) is 0 Å². The molecule has 0 bridgehead atoms.